The zero-order valence-electron chi connectivity index (χ0n) is 15.8. The van der Waals surface area contributed by atoms with Gasteiger partial charge in [-0.2, -0.15) is 13.5 Å². The Kier molecular flexibility index (Phi) is 7.25. The highest BCUT2D eigenvalue weighted by Gasteiger charge is 2.25. The zero-order valence-corrected chi connectivity index (χ0v) is 17.6. The van der Waals surface area contributed by atoms with Crippen molar-refractivity contribution < 1.29 is 22.3 Å². The predicted octanol–water partition coefficient (Wildman–Crippen LogP) is 3.62. The fraction of sp³-hybridized carbons (Fsp3) is 0.350. The Hall–Kier alpha value is -1.90. The average molecular weight is 426 g/mol. The van der Waals surface area contributed by atoms with Crippen molar-refractivity contribution in [1.82, 2.24) is 0 Å². The van der Waals surface area contributed by atoms with Crippen molar-refractivity contribution in [3.8, 4) is 0 Å². The van der Waals surface area contributed by atoms with Crippen LogP contribution in [0.4, 0.5) is 10.1 Å². The number of ether oxygens (including phenoxy) is 1. The topological polar surface area (TPSA) is 72.5 Å². The highest BCUT2D eigenvalue weighted by atomic mass is 32.2. The number of carbonyl (C=O) groups excluding carboxylic acids is 1. The summed E-state index contributed by atoms with van der Waals surface area (Å²) in [5.41, 5.74) is 1.81. The van der Waals surface area contributed by atoms with Crippen molar-refractivity contribution in [2.24, 2.45) is 5.92 Å². The number of hydrogen-bond acceptors (Lipinski definition) is 4. The minimum Gasteiger partial charge on any atom is -0.381 e. The molecule has 1 saturated heterocycles. The summed E-state index contributed by atoms with van der Waals surface area (Å²) >= 11 is 0. The second-order valence-corrected chi connectivity index (χ2v) is 8.94. The zero-order chi connectivity index (χ0) is 19.6. The third-order valence-electron chi connectivity index (χ3n) is 4.71. The van der Waals surface area contributed by atoms with Gasteiger partial charge in [-0.15, -0.1) is 0 Å². The van der Waals surface area contributed by atoms with Crippen molar-refractivity contribution in [2.75, 3.05) is 24.3 Å². The second-order valence-electron chi connectivity index (χ2n) is 6.91. The summed E-state index contributed by atoms with van der Waals surface area (Å²) in [6.07, 6.45) is 0.725. The Bertz CT molecular complexity index is 970. The first-order valence-corrected chi connectivity index (χ1v) is 10.4. The first-order valence-electron chi connectivity index (χ1n) is 8.75. The van der Waals surface area contributed by atoms with Crippen molar-refractivity contribution in [1.29, 1.82) is 0 Å². The number of hydrogen-bond donors (Lipinski definition) is 1. The number of sulfone groups is 1. The molecule has 0 bridgehead atoms. The second kappa shape index (κ2) is 9.07. The molecule has 0 radical (unpaired) electrons. The van der Waals surface area contributed by atoms with Crippen LogP contribution in [0.5, 0.6) is 0 Å². The standard InChI is InChI=1S/C20H22FNO4S.H2S/c1-13-3-5-17(27(24,25)12-15-7-8-26-11-15)10-18(13)20(23)22-16-4-6-19(21)14(2)9-16;/h3-6,9-10,15H,7-8,11-12H2,1-2H3,(H,22,23);1H2/t15-;/m0./s1. The van der Waals surface area contributed by atoms with Gasteiger partial charge in [0.05, 0.1) is 17.3 Å². The molecule has 1 fully saturated rings. The third kappa shape index (κ3) is 5.12. The van der Waals surface area contributed by atoms with Gasteiger partial charge in [-0.05, 0) is 67.6 Å². The van der Waals surface area contributed by atoms with E-state index in [1.165, 1.54) is 30.3 Å². The van der Waals surface area contributed by atoms with Crippen LogP contribution in [0.2, 0.25) is 0 Å². The molecule has 0 unspecified atom stereocenters. The van der Waals surface area contributed by atoms with Crippen molar-refractivity contribution >= 4 is 34.9 Å². The molecule has 1 amide bonds. The quantitative estimate of drug-likeness (QED) is 0.794. The molecular formula is C20H24FNO4S2. The Morgan fingerprint density at radius 2 is 1.93 bits per heavy atom. The lowest BCUT2D eigenvalue weighted by atomic mass is 10.1. The fourth-order valence-electron chi connectivity index (χ4n) is 3.08. The maximum atomic E-state index is 13.4. The van der Waals surface area contributed by atoms with Gasteiger partial charge in [-0.25, -0.2) is 12.8 Å². The largest absolute Gasteiger partial charge is 0.381 e. The van der Waals surface area contributed by atoms with Crippen LogP contribution >= 0.6 is 13.5 Å². The van der Waals surface area contributed by atoms with Crippen molar-refractivity contribution in [3.05, 3.63) is 58.9 Å². The van der Waals surface area contributed by atoms with Crippen LogP contribution in [0.25, 0.3) is 0 Å². The van der Waals surface area contributed by atoms with Crippen LogP contribution in [0.15, 0.2) is 41.3 Å². The molecule has 1 heterocycles. The Morgan fingerprint density at radius 1 is 1.18 bits per heavy atom. The smallest absolute Gasteiger partial charge is 0.255 e. The summed E-state index contributed by atoms with van der Waals surface area (Å²) in [4.78, 5) is 12.8. The van der Waals surface area contributed by atoms with Gasteiger partial charge >= 0.3 is 0 Å². The molecule has 5 nitrogen and oxygen atoms in total. The van der Waals surface area contributed by atoms with E-state index >= 15 is 0 Å². The number of aryl methyl sites for hydroxylation is 2. The van der Waals surface area contributed by atoms with Crippen LogP contribution < -0.4 is 5.32 Å². The van der Waals surface area contributed by atoms with Crippen LogP contribution in [0.3, 0.4) is 0 Å². The molecule has 2 aromatic carbocycles. The van der Waals surface area contributed by atoms with Gasteiger partial charge < -0.3 is 10.1 Å². The Balaban J connectivity index is 0.00000280. The third-order valence-corrected chi connectivity index (χ3v) is 6.59. The molecule has 1 aliphatic rings. The van der Waals surface area contributed by atoms with E-state index in [2.05, 4.69) is 5.32 Å². The summed E-state index contributed by atoms with van der Waals surface area (Å²) in [5, 5.41) is 2.70. The molecule has 3 rings (SSSR count). The number of carbonyl (C=O) groups is 1. The van der Waals surface area contributed by atoms with Gasteiger partial charge in [0.1, 0.15) is 5.82 Å². The summed E-state index contributed by atoms with van der Waals surface area (Å²) in [7, 11) is -3.51. The Labute approximate surface area is 171 Å². The maximum absolute atomic E-state index is 13.4. The minimum atomic E-state index is -3.51. The van der Waals surface area contributed by atoms with E-state index in [9.17, 15) is 17.6 Å². The lowest BCUT2D eigenvalue weighted by Gasteiger charge is -2.12. The summed E-state index contributed by atoms with van der Waals surface area (Å²) in [6, 6.07) is 8.84. The first-order chi connectivity index (χ1) is 12.8. The van der Waals surface area contributed by atoms with E-state index < -0.39 is 15.7 Å². The molecule has 28 heavy (non-hydrogen) atoms. The average Bonchev–Trinajstić information content (AvgIpc) is 3.10. The van der Waals surface area contributed by atoms with Gasteiger partial charge in [-0.3, -0.25) is 4.79 Å². The molecule has 0 spiro atoms. The van der Waals surface area contributed by atoms with Crippen LogP contribution in [0.1, 0.15) is 27.9 Å². The van der Waals surface area contributed by atoms with Crippen molar-refractivity contribution in [3.63, 3.8) is 0 Å². The molecule has 8 heteroatoms. The van der Waals surface area contributed by atoms with E-state index in [-0.39, 0.29) is 41.4 Å². The number of amides is 1. The lowest BCUT2D eigenvalue weighted by Crippen LogP contribution is -2.18. The van der Waals surface area contributed by atoms with Crippen LogP contribution in [-0.2, 0) is 14.6 Å². The predicted molar refractivity (Wildman–Crippen MR) is 112 cm³/mol. The molecule has 2 aromatic rings. The highest BCUT2D eigenvalue weighted by Crippen LogP contribution is 2.23. The SMILES string of the molecule is Cc1cc(NC(=O)c2cc(S(=O)(=O)C[C@H]3CCOC3)ccc2C)ccc1F.S. The number of rotatable bonds is 5. The number of anilines is 1. The van der Waals surface area contributed by atoms with Crippen LogP contribution in [0, 0.1) is 25.6 Å². The summed E-state index contributed by atoms with van der Waals surface area (Å²) in [6.45, 7) is 4.38. The van der Waals surface area contributed by atoms with Gasteiger partial charge in [0.2, 0.25) is 0 Å². The van der Waals surface area contributed by atoms with E-state index in [4.69, 9.17) is 4.74 Å². The molecule has 1 aliphatic heterocycles. The van der Waals surface area contributed by atoms with E-state index in [0.717, 1.165) is 6.42 Å². The maximum Gasteiger partial charge on any atom is 0.255 e. The number of benzene rings is 2. The van der Waals surface area contributed by atoms with Crippen LogP contribution in [-0.4, -0.2) is 33.3 Å². The molecule has 0 aliphatic carbocycles. The molecule has 152 valence electrons. The van der Waals surface area contributed by atoms with Gasteiger partial charge in [0.15, 0.2) is 9.84 Å². The lowest BCUT2D eigenvalue weighted by molar-refractivity contribution is 0.102. The fourth-order valence-corrected chi connectivity index (χ4v) is 4.73. The number of nitrogens with one attached hydrogen (secondary N) is 1. The minimum absolute atomic E-state index is 0. The molecule has 0 saturated carbocycles. The molecule has 0 aromatic heterocycles. The summed E-state index contributed by atoms with van der Waals surface area (Å²) < 4.78 is 44.0. The van der Waals surface area contributed by atoms with Crippen molar-refractivity contribution in [2.45, 2.75) is 25.2 Å². The Morgan fingerprint density at radius 3 is 2.57 bits per heavy atom. The van der Waals surface area contributed by atoms with E-state index in [1.54, 1.807) is 19.9 Å². The molecule has 1 N–H and O–H groups in total. The monoisotopic (exact) mass is 425 g/mol. The van der Waals surface area contributed by atoms with Gasteiger partial charge in [-0.1, -0.05) is 6.07 Å². The molecule has 1 atom stereocenters. The van der Waals surface area contributed by atoms with E-state index in [1.807, 2.05) is 0 Å². The highest BCUT2D eigenvalue weighted by molar-refractivity contribution is 7.91. The number of halogens is 1. The van der Waals surface area contributed by atoms with Gasteiger partial charge in [0.25, 0.3) is 5.91 Å². The molecular weight excluding hydrogens is 401 g/mol. The van der Waals surface area contributed by atoms with Gasteiger partial charge in [0, 0.05) is 17.9 Å². The normalized spacial score (nSPS) is 16.5. The first kappa shape index (κ1) is 22.4. The summed E-state index contributed by atoms with van der Waals surface area (Å²) in [5.74, 6) is -0.794. The van der Waals surface area contributed by atoms with E-state index in [0.29, 0.717) is 30.0 Å².